The summed E-state index contributed by atoms with van der Waals surface area (Å²) >= 11 is 0. The van der Waals surface area contributed by atoms with Crippen LogP contribution < -0.4 is 0 Å². The Morgan fingerprint density at radius 1 is 1.36 bits per heavy atom. The average molecular weight is 337 g/mol. The number of nitrogens with zero attached hydrogens (tertiary/aromatic N) is 2. The predicted molar refractivity (Wildman–Crippen MR) is 93.2 cm³/mol. The lowest BCUT2D eigenvalue weighted by Crippen LogP contribution is -2.27. The van der Waals surface area contributed by atoms with E-state index >= 15 is 0 Å². The van der Waals surface area contributed by atoms with Crippen molar-refractivity contribution in [1.29, 1.82) is 5.26 Å². The van der Waals surface area contributed by atoms with Gasteiger partial charge in [0.1, 0.15) is 6.42 Å². The van der Waals surface area contributed by atoms with E-state index in [0.717, 1.165) is 16.5 Å². The van der Waals surface area contributed by atoms with E-state index in [2.05, 4.69) is 4.98 Å². The lowest BCUT2D eigenvalue weighted by Gasteiger charge is -2.16. The molecule has 2 heterocycles. The van der Waals surface area contributed by atoms with Crippen LogP contribution in [-0.2, 0) is 20.7 Å². The van der Waals surface area contributed by atoms with E-state index in [-0.39, 0.29) is 18.4 Å². The molecule has 2 aromatic rings. The van der Waals surface area contributed by atoms with Gasteiger partial charge in [0, 0.05) is 23.6 Å². The van der Waals surface area contributed by atoms with Crippen LogP contribution in [0.15, 0.2) is 30.5 Å². The third kappa shape index (κ3) is 3.26. The van der Waals surface area contributed by atoms with Crippen molar-refractivity contribution in [2.75, 3.05) is 6.54 Å². The van der Waals surface area contributed by atoms with Crippen LogP contribution in [-0.4, -0.2) is 34.4 Å². The van der Waals surface area contributed by atoms with Crippen molar-refractivity contribution in [3.8, 4) is 6.07 Å². The van der Waals surface area contributed by atoms with Gasteiger partial charge in [-0.3, -0.25) is 4.79 Å². The number of para-hydroxylation sites is 1. The van der Waals surface area contributed by atoms with Crippen LogP contribution in [0.1, 0.15) is 31.5 Å². The largest absolute Gasteiger partial charge is 0.459 e. The Kier molecular flexibility index (Phi) is 4.57. The summed E-state index contributed by atoms with van der Waals surface area (Å²) in [5.41, 5.74) is 2.91. The first kappa shape index (κ1) is 16.8. The van der Waals surface area contributed by atoms with Gasteiger partial charge >= 0.3 is 5.97 Å². The van der Waals surface area contributed by atoms with Crippen molar-refractivity contribution >= 4 is 28.4 Å². The van der Waals surface area contributed by atoms with E-state index in [0.29, 0.717) is 24.2 Å². The zero-order valence-corrected chi connectivity index (χ0v) is 14.2. The number of nitrogens with one attached hydrogen (secondary N) is 1. The van der Waals surface area contributed by atoms with Gasteiger partial charge in [0.25, 0.3) is 0 Å². The molecule has 0 spiro atoms. The molecule has 1 aliphatic rings. The van der Waals surface area contributed by atoms with Crippen molar-refractivity contribution in [3.63, 3.8) is 0 Å². The van der Waals surface area contributed by atoms with Crippen LogP contribution in [0, 0.1) is 11.3 Å². The van der Waals surface area contributed by atoms with Crippen LogP contribution in [0.5, 0.6) is 0 Å². The highest BCUT2D eigenvalue weighted by Crippen LogP contribution is 2.31. The SMILES string of the molecule is CC(C)OC(=O)C1=CN(C(=O)CC#N)CCc2c1[nH]c1ccccc21. The van der Waals surface area contributed by atoms with E-state index in [1.54, 1.807) is 13.8 Å². The van der Waals surface area contributed by atoms with E-state index in [1.165, 1.54) is 11.1 Å². The number of rotatable bonds is 3. The molecular weight excluding hydrogens is 318 g/mol. The average Bonchev–Trinajstić information content (AvgIpc) is 2.81. The van der Waals surface area contributed by atoms with Crippen LogP contribution in [0.2, 0.25) is 0 Å². The molecular formula is C19H19N3O3. The third-order valence-electron chi connectivity index (χ3n) is 4.08. The zero-order valence-electron chi connectivity index (χ0n) is 14.2. The molecule has 1 aromatic carbocycles. The van der Waals surface area contributed by atoms with Gasteiger partial charge in [-0.05, 0) is 31.9 Å². The van der Waals surface area contributed by atoms with E-state index in [1.807, 2.05) is 30.3 Å². The molecule has 0 unspecified atom stereocenters. The lowest BCUT2D eigenvalue weighted by molar-refractivity contribution is -0.140. The van der Waals surface area contributed by atoms with Crippen LogP contribution >= 0.6 is 0 Å². The van der Waals surface area contributed by atoms with Gasteiger partial charge in [0.05, 0.1) is 23.4 Å². The number of fused-ring (bicyclic) bond motifs is 3. The maximum Gasteiger partial charge on any atom is 0.342 e. The molecule has 0 bridgehead atoms. The van der Waals surface area contributed by atoms with Crippen molar-refractivity contribution in [2.45, 2.75) is 32.8 Å². The second-order valence-corrected chi connectivity index (χ2v) is 6.19. The maximum absolute atomic E-state index is 12.6. The highest BCUT2D eigenvalue weighted by atomic mass is 16.5. The monoisotopic (exact) mass is 337 g/mol. The van der Waals surface area contributed by atoms with Crippen molar-refractivity contribution in [1.82, 2.24) is 9.88 Å². The van der Waals surface area contributed by atoms with Crippen molar-refractivity contribution in [3.05, 3.63) is 41.7 Å². The molecule has 25 heavy (non-hydrogen) atoms. The highest BCUT2D eigenvalue weighted by Gasteiger charge is 2.27. The second kappa shape index (κ2) is 6.81. The van der Waals surface area contributed by atoms with Crippen molar-refractivity contribution in [2.24, 2.45) is 0 Å². The van der Waals surface area contributed by atoms with Gasteiger partial charge in [-0.25, -0.2) is 4.79 Å². The Balaban J connectivity index is 2.11. The number of esters is 1. The quantitative estimate of drug-likeness (QED) is 0.873. The van der Waals surface area contributed by atoms with Gasteiger partial charge in [-0.1, -0.05) is 18.2 Å². The Labute approximate surface area is 145 Å². The molecule has 0 saturated carbocycles. The number of ether oxygens (including phenoxy) is 1. The predicted octanol–water partition coefficient (Wildman–Crippen LogP) is 2.76. The van der Waals surface area contributed by atoms with Crippen molar-refractivity contribution < 1.29 is 14.3 Å². The molecule has 0 aliphatic carbocycles. The minimum atomic E-state index is -0.487. The second-order valence-electron chi connectivity index (χ2n) is 6.19. The summed E-state index contributed by atoms with van der Waals surface area (Å²) in [5, 5.41) is 9.81. The lowest BCUT2D eigenvalue weighted by atomic mass is 10.0. The number of hydrogen-bond acceptors (Lipinski definition) is 4. The molecule has 0 fully saturated rings. The fourth-order valence-electron chi connectivity index (χ4n) is 3.01. The topological polar surface area (TPSA) is 86.2 Å². The number of aromatic amines is 1. The molecule has 1 amide bonds. The number of benzene rings is 1. The number of amides is 1. The minimum absolute atomic E-state index is 0.225. The van der Waals surface area contributed by atoms with Gasteiger partial charge in [-0.2, -0.15) is 5.26 Å². The fourth-order valence-corrected chi connectivity index (χ4v) is 3.01. The number of H-pyrrole nitrogens is 1. The van der Waals surface area contributed by atoms with E-state index in [4.69, 9.17) is 10.00 Å². The van der Waals surface area contributed by atoms with Gasteiger partial charge in [0.15, 0.2) is 0 Å². The summed E-state index contributed by atoms with van der Waals surface area (Å²) < 4.78 is 5.36. The van der Waals surface area contributed by atoms with Gasteiger partial charge in [0.2, 0.25) is 5.91 Å². The number of nitriles is 1. The van der Waals surface area contributed by atoms with Crippen LogP contribution in [0.3, 0.4) is 0 Å². The van der Waals surface area contributed by atoms with Gasteiger partial charge in [-0.15, -0.1) is 0 Å². The van der Waals surface area contributed by atoms with Gasteiger partial charge < -0.3 is 14.6 Å². The van der Waals surface area contributed by atoms with E-state index in [9.17, 15) is 9.59 Å². The Hall–Kier alpha value is -3.07. The third-order valence-corrected chi connectivity index (χ3v) is 4.08. The normalized spacial score (nSPS) is 13.8. The van der Waals surface area contributed by atoms with E-state index < -0.39 is 5.97 Å². The summed E-state index contributed by atoms with van der Waals surface area (Å²) in [5.74, 6) is -0.814. The summed E-state index contributed by atoms with van der Waals surface area (Å²) in [6, 6.07) is 9.67. The Bertz CT molecular complexity index is 902. The molecule has 0 atom stereocenters. The first-order valence-corrected chi connectivity index (χ1v) is 8.20. The highest BCUT2D eigenvalue weighted by molar-refractivity contribution is 6.18. The first-order chi connectivity index (χ1) is 12.0. The zero-order chi connectivity index (χ0) is 18.0. The fraction of sp³-hybridized carbons (Fsp3) is 0.316. The minimum Gasteiger partial charge on any atom is -0.459 e. The maximum atomic E-state index is 12.6. The molecule has 3 rings (SSSR count). The molecule has 6 heteroatoms. The molecule has 0 radical (unpaired) electrons. The summed E-state index contributed by atoms with van der Waals surface area (Å²) in [6.07, 6.45) is 1.60. The molecule has 6 nitrogen and oxygen atoms in total. The summed E-state index contributed by atoms with van der Waals surface area (Å²) in [4.78, 5) is 29.5. The molecule has 1 aromatic heterocycles. The molecule has 1 aliphatic heterocycles. The van der Waals surface area contributed by atoms with Crippen LogP contribution in [0.25, 0.3) is 16.5 Å². The molecule has 128 valence electrons. The number of hydrogen-bond donors (Lipinski definition) is 1. The molecule has 0 saturated heterocycles. The molecule has 1 N–H and O–H groups in total. The summed E-state index contributed by atoms with van der Waals surface area (Å²) in [6.45, 7) is 3.97. The smallest absolute Gasteiger partial charge is 0.342 e. The standard InChI is InChI=1S/C19H19N3O3/c1-12(2)25-19(24)15-11-22(17(23)7-9-20)10-8-14-13-5-3-4-6-16(13)21-18(14)15/h3-6,11-12,21H,7-8,10H2,1-2H3. The summed E-state index contributed by atoms with van der Waals surface area (Å²) in [7, 11) is 0. The first-order valence-electron chi connectivity index (χ1n) is 8.20. The number of aromatic nitrogens is 1. The number of carbonyl (C=O) groups excluding carboxylic acids is 2. The number of carbonyl (C=O) groups is 2. The van der Waals surface area contributed by atoms with Crippen LogP contribution in [0.4, 0.5) is 0 Å². The Morgan fingerprint density at radius 3 is 2.84 bits per heavy atom. The Morgan fingerprint density at radius 2 is 2.12 bits per heavy atom.